The van der Waals surface area contributed by atoms with Crippen LogP contribution in [0.2, 0.25) is 0 Å². The Bertz CT molecular complexity index is 1060. The lowest BCUT2D eigenvalue weighted by Gasteiger charge is -2.08. The van der Waals surface area contributed by atoms with Crippen molar-refractivity contribution in [1.29, 1.82) is 0 Å². The first-order chi connectivity index (χ1) is 13.8. The molecule has 0 spiro atoms. The lowest BCUT2D eigenvalue weighted by Crippen LogP contribution is -2.20. The highest BCUT2D eigenvalue weighted by atomic mass is 16.5. The number of benzene rings is 3. The van der Waals surface area contributed by atoms with Crippen molar-refractivity contribution in [2.75, 3.05) is 5.32 Å². The number of aromatic nitrogens is 4. The van der Waals surface area contributed by atoms with Gasteiger partial charge in [-0.15, -0.1) is 10.2 Å². The molecule has 28 heavy (non-hydrogen) atoms. The molecule has 0 aliphatic heterocycles. The Morgan fingerprint density at radius 1 is 0.893 bits per heavy atom. The molecule has 0 saturated carbocycles. The van der Waals surface area contributed by atoms with Gasteiger partial charge in [-0.2, -0.15) is 4.80 Å². The van der Waals surface area contributed by atoms with Crippen LogP contribution in [0, 0.1) is 0 Å². The smallest absolute Gasteiger partial charge is 0.248 e. The van der Waals surface area contributed by atoms with Crippen LogP contribution in [0.4, 0.5) is 5.69 Å². The number of ether oxygens (including phenoxy) is 1. The SMILES string of the molecule is O=C(Cn1nnc(-c2ccccc2)n1)Nc1cccc(Oc2ccccc2)c1. The van der Waals surface area contributed by atoms with Gasteiger partial charge in [0.15, 0.2) is 0 Å². The molecule has 0 atom stereocenters. The first-order valence-electron chi connectivity index (χ1n) is 8.72. The van der Waals surface area contributed by atoms with Crippen LogP contribution in [-0.4, -0.2) is 26.1 Å². The Kier molecular flexibility index (Phi) is 5.06. The first kappa shape index (κ1) is 17.4. The highest BCUT2D eigenvalue weighted by Gasteiger charge is 2.10. The second-order valence-electron chi connectivity index (χ2n) is 6.00. The minimum atomic E-state index is -0.256. The Balaban J connectivity index is 1.39. The van der Waals surface area contributed by atoms with Gasteiger partial charge >= 0.3 is 0 Å². The zero-order valence-corrected chi connectivity index (χ0v) is 14.9. The van der Waals surface area contributed by atoms with Gasteiger partial charge in [-0.3, -0.25) is 4.79 Å². The summed E-state index contributed by atoms with van der Waals surface area (Å²) in [5.74, 6) is 1.58. The second-order valence-corrected chi connectivity index (χ2v) is 6.00. The molecule has 0 fully saturated rings. The van der Waals surface area contributed by atoms with Crippen molar-refractivity contribution in [3.05, 3.63) is 84.9 Å². The third-order valence-corrected chi connectivity index (χ3v) is 3.87. The van der Waals surface area contributed by atoms with E-state index in [1.807, 2.05) is 72.8 Å². The molecule has 7 heteroatoms. The van der Waals surface area contributed by atoms with Crippen molar-refractivity contribution >= 4 is 11.6 Å². The lowest BCUT2D eigenvalue weighted by atomic mass is 10.2. The number of carbonyl (C=O) groups excluding carboxylic acids is 1. The number of tetrazole rings is 1. The molecule has 1 heterocycles. The van der Waals surface area contributed by atoms with Gasteiger partial charge in [0.2, 0.25) is 11.7 Å². The van der Waals surface area contributed by atoms with Crippen LogP contribution in [0.1, 0.15) is 0 Å². The zero-order valence-electron chi connectivity index (χ0n) is 14.9. The van der Waals surface area contributed by atoms with Crippen LogP contribution in [0.15, 0.2) is 84.9 Å². The topological polar surface area (TPSA) is 81.9 Å². The summed E-state index contributed by atoms with van der Waals surface area (Å²) in [6.07, 6.45) is 0. The fraction of sp³-hybridized carbons (Fsp3) is 0.0476. The van der Waals surface area contributed by atoms with Gasteiger partial charge in [0.1, 0.15) is 18.0 Å². The van der Waals surface area contributed by atoms with Crippen LogP contribution in [-0.2, 0) is 11.3 Å². The van der Waals surface area contributed by atoms with Crippen molar-refractivity contribution in [3.63, 3.8) is 0 Å². The van der Waals surface area contributed by atoms with E-state index in [4.69, 9.17) is 4.74 Å². The summed E-state index contributed by atoms with van der Waals surface area (Å²) in [4.78, 5) is 13.6. The van der Waals surface area contributed by atoms with Crippen molar-refractivity contribution in [2.45, 2.75) is 6.54 Å². The van der Waals surface area contributed by atoms with Crippen LogP contribution >= 0.6 is 0 Å². The van der Waals surface area contributed by atoms with Crippen molar-refractivity contribution < 1.29 is 9.53 Å². The number of anilines is 1. The summed E-state index contributed by atoms with van der Waals surface area (Å²) in [7, 11) is 0. The molecule has 138 valence electrons. The number of rotatable bonds is 6. The van der Waals surface area contributed by atoms with Gasteiger partial charge < -0.3 is 10.1 Å². The van der Waals surface area contributed by atoms with Gasteiger partial charge in [-0.05, 0) is 29.5 Å². The van der Waals surface area contributed by atoms with E-state index in [2.05, 4.69) is 20.7 Å². The first-order valence-corrected chi connectivity index (χ1v) is 8.72. The second kappa shape index (κ2) is 8.13. The van der Waals surface area contributed by atoms with Crippen LogP contribution < -0.4 is 10.1 Å². The monoisotopic (exact) mass is 371 g/mol. The van der Waals surface area contributed by atoms with E-state index < -0.39 is 0 Å². The van der Waals surface area contributed by atoms with Gasteiger partial charge in [-0.25, -0.2) is 0 Å². The number of para-hydroxylation sites is 1. The van der Waals surface area contributed by atoms with Crippen molar-refractivity contribution in [2.24, 2.45) is 0 Å². The van der Waals surface area contributed by atoms with Gasteiger partial charge in [0.05, 0.1) is 0 Å². The number of hydrogen-bond donors (Lipinski definition) is 1. The molecule has 1 aromatic heterocycles. The Labute approximate surface area is 161 Å². The third kappa shape index (κ3) is 4.39. The van der Waals surface area contributed by atoms with E-state index in [9.17, 15) is 4.79 Å². The molecule has 0 aliphatic carbocycles. The number of nitrogens with one attached hydrogen (secondary N) is 1. The van der Waals surface area contributed by atoms with Crippen LogP contribution in [0.5, 0.6) is 11.5 Å². The summed E-state index contributed by atoms with van der Waals surface area (Å²) in [5, 5.41) is 15.0. The maximum atomic E-state index is 12.3. The summed E-state index contributed by atoms with van der Waals surface area (Å²) in [6, 6.07) is 26.1. The molecule has 4 aromatic rings. The van der Waals surface area contributed by atoms with Gasteiger partial charge in [-0.1, -0.05) is 54.6 Å². The van der Waals surface area contributed by atoms with Gasteiger partial charge in [0.25, 0.3) is 0 Å². The van der Waals surface area contributed by atoms with Gasteiger partial charge in [0, 0.05) is 17.3 Å². The highest BCUT2D eigenvalue weighted by molar-refractivity contribution is 5.90. The molecule has 1 N–H and O–H groups in total. The van der Waals surface area contributed by atoms with Crippen LogP contribution in [0.3, 0.4) is 0 Å². The molecule has 0 bridgehead atoms. The predicted octanol–water partition coefficient (Wildman–Crippen LogP) is 3.77. The molecule has 0 unspecified atom stereocenters. The molecule has 1 amide bonds. The van der Waals surface area contributed by atoms with E-state index in [-0.39, 0.29) is 12.5 Å². The molecule has 4 rings (SSSR count). The number of carbonyl (C=O) groups is 1. The third-order valence-electron chi connectivity index (χ3n) is 3.87. The summed E-state index contributed by atoms with van der Waals surface area (Å²) < 4.78 is 5.78. The maximum Gasteiger partial charge on any atom is 0.248 e. The largest absolute Gasteiger partial charge is 0.457 e. The Morgan fingerprint density at radius 3 is 2.39 bits per heavy atom. The maximum absolute atomic E-state index is 12.3. The highest BCUT2D eigenvalue weighted by Crippen LogP contribution is 2.23. The summed E-state index contributed by atoms with van der Waals surface area (Å²) in [5.41, 5.74) is 1.47. The van der Waals surface area contributed by atoms with Crippen molar-refractivity contribution in [1.82, 2.24) is 20.2 Å². The number of nitrogens with zero attached hydrogens (tertiary/aromatic N) is 4. The van der Waals surface area contributed by atoms with E-state index in [0.717, 1.165) is 11.3 Å². The van der Waals surface area contributed by atoms with E-state index >= 15 is 0 Å². The number of amides is 1. The van der Waals surface area contributed by atoms with E-state index in [0.29, 0.717) is 17.3 Å². The molecular weight excluding hydrogens is 354 g/mol. The fourth-order valence-electron chi connectivity index (χ4n) is 2.60. The average Bonchev–Trinajstić information content (AvgIpc) is 3.18. The molecule has 7 nitrogen and oxygen atoms in total. The van der Waals surface area contributed by atoms with E-state index in [1.54, 1.807) is 12.1 Å². The molecule has 3 aromatic carbocycles. The lowest BCUT2D eigenvalue weighted by molar-refractivity contribution is -0.117. The molecular formula is C21H17N5O2. The molecule has 0 radical (unpaired) electrons. The zero-order chi connectivity index (χ0) is 19.2. The quantitative estimate of drug-likeness (QED) is 0.558. The summed E-state index contributed by atoms with van der Waals surface area (Å²) >= 11 is 0. The summed E-state index contributed by atoms with van der Waals surface area (Å²) in [6.45, 7) is -0.0381. The average molecular weight is 371 g/mol. The molecule has 0 saturated heterocycles. The Morgan fingerprint density at radius 2 is 1.61 bits per heavy atom. The number of hydrogen-bond acceptors (Lipinski definition) is 5. The fourth-order valence-corrected chi connectivity index (χ4v) is 2.60. The minimum Gasteiger partial charge on any atom is -0.457 e. The van der Waals surface area contributed by atoms with Crippen LogP contribution in [0.25, 0.3) is 11.4 Å². The van der Waals surface area contributed by atoms with E-state index in [1.165, 1.54) is 4.80 Å². The van der Waals surface area contributed by atoms with Crippen molar-refractivity contribution in [3.8, 4) is 22.9 Å². The standard InChI is InChI=1S/C21H17N5O2/c27-20(15-26-24-21(23-25-26)16-8-3-1-4-9-16)22-17-10-7-13-19(14-17)28-18-11-5-2-6-12-18/h1-14H,15H2,(H,22,27). The minimum absolute atomic E-state index is 0.0381. The molecule has 0 aliphatic rings. The Hall–Kier alpha value is -4.00. The normalized spacial score (nSPS) is 10.4. The predicted molar refractivity (Wildman–Crippen MR) is 105 cm³/mol.